The van der Waals surface area contributed by atoms with E-state index in [-0.39, 0.29) is 0 Å². The van der Waals surface area contributed by atoms with Crippen LogP contribution in [0.5, 0.6) is 0 Å². The van der Waals surface area contributed by atoms with Gasteiger partial charge in [-0.15, -0.1) is 0 Å². The first-order chi connectivity index (χ1) is 9.63. The van der Waals surface area contributed by atoms with Crippen LogP contribution < -0.4 is 10.2 Å². The van der Waals surface area contributed by atoms with Crippen LogP contribution in [-0.2, 0) is 0 Å². The zero-order valence-corrected chi connectivity index (χ0v) is 15.0. The van der Waals surface area contributed by atoms with Gasteiger partial charge in [-0.1, -0.05) is 48.7 Å². The number of hydrogen-bond acceptors (Lipinski definition) is 2. The lowest BCUT2D eigenvalue weighted by Gasteiger charge is -2.26. The maximum absolute atomic E-state index is 3.73. The van der Waals surface area contributed by atoms with Crippen molar-refractivity contribution in [1.29, 1.82) is 0 Å². The van der Waals surface area contributed by atoms with E-state index in [1.54, 1.807) is 0 Å². The van der Waals surface area contributed by atoms with Gasteiger partial charge in [-0.05, 0) is 44.5 Å². The van der Waals surface area contributed by atoms with Crippen LogP contribution in [0.15, 0.2) is 22.7 Å². The number of halogens is 1. The van der Waals surface area contributed by atoms with Crippen LogP contribution in [0, 0.1) is 0 Å². The van der Waals surface area contributed by atoms with Crippen LogP contribution in [-0.4, -0.2) is 20.1 Å². The van der Waals surface area contributed by atoms with E-state index < -0.39 is 0 Å². The highest BCUT2D eigenvalue weighted by Crippen LogP contribution is 2.28. The molecule has 20 heavy (non-hydrogen) atoms. The molecule has 2 nitrogen and oxygen atoms in total. The molecular weight excluding hydrogens is 312 g/mol. The standard InChI is InChI=1S/C17H29BrN2/c1-5-7-11-20(12-8-6-2)15-9-10-16(14(3)19-4)17(18)13-15/h9-10,13-14,19H,5-8,11-12H2,1-4H3. The fraction of sp³-hybridized carbons (Fsp3) is 0.647. The molecule has 1 atom stereocenters. The summed E-state index contributed by atoms with van der Waals surface area (Å²) in [4.78, 5) is 2.52. The van der Waals surface area contributed by atoms with Crippen LogP contribution in [0.2, 0.25) is 0 Å². The summed E-state index contributed by atoms with van der Waals surface area (Å²) in [5.41, 5.74) is 2.66. The third-order valence-electron chi connectivity index (χ3n) is 3.81. The van der Waals surface area contributed by atoms with Gasteiger partial charge in [0.2, 0.25) is 0 Å². The predicted octanol–water partition coefficient (Wildman–Crippen LogP) is 5.14. The third-order valence-corrected chi connectivity index (χ3v) is 4.50. The minimum Gasteiger partial charge on any atom is -0.372 e. The van der Waals surface area contributed by atoms with Crippen LogP contribution in [0.1, 0.15) is 58.1 Å². The van der Waals surface area contributed by atoms with E-state index in [0.717, 1.165) is 13.1 Å². The summed E-state index contributed by atoms with van der Waals surface area (Å²) < 4.78 is 1.20. The van der Waals surface area contributed by atoms with E-state index >= 15 is 0 Å². The highest BCUT2D eigenvalue weighted by atomic mass is 79.9. The Morgan fingerprint density at radius 1 is 1.15 bits per heavy atom. The summed E-state index contributed by atoms with van der Waals surface area (Å²) in [5, 5.41) is 3.30. The van der Waals surface area contributed by atoms with Gasteiger partial charge in [0.05, 0.1) is 0 Å². The quantitative estimate of drug-likeness (QED) is 0.669. The second kappa shape index (κ2) is 9.41. The van der Waals surface area contributed by atoms with Crippen molar-refractivity contribution < 1.29 is 0 Å². The van der Waals surface area contributed by atoms with Crippen molar-refractivity contribution in [1.82, 2.24) is 5.32 Å². The molecule has 1 rings (SSSR count). The van der Waals surface area contributed by atoms with E-state index in [0.29, 0.717) is 6.04 Å². The second-order valence-corrected chi connectivity index (χ2v) is 6.26. The third kappa shape index (κ3) is 5.10. The Morgan fingerprint density at radius 3 is 2.20 bits per heavy atom. The number of anilines is 1. The van der Waals surface area contributed by atoms with Gasteiger partial charge in [0.15, 0.2) is 0 Å². The monoisotopic (exact) mass is 340 g/mol. The zero-order valence-electron chi connectivity index (χ0n) is 13.4. The maximum atomic E-state index is 3.73. The normalized spacial score (nSPS) is 12.4. The van der Waals surface area contributed by atoms with Crippen molar-refractivity contribution in [2.75, 3.05) is 25.0 Å². The molecule has 0 bridgehead atoms. The number of nitrogens with zero attached hydrogens (tertiary/aromatic N) is 1. The van der Waals surface area contributed by atoms with Gasteiger partial charge in [-0.2, -0.15) is 0 Å². The summed E-state index contributed by atoms with van der Waals surface area (Å²) in [6.07, 6.45) is 5.02. The number of nitrogens with one attached hydrogen (secondary N) is 1. The first-order valence-corrected chi connectivity index (χ1v) is 8.64. The van der Waals surface area contributed by atoms with Crippen LogP contribution >= 0.6 is 15.9 Å². The maximum Gasteiger partial charge on any atom is 0.0377 e. The van der Waals surface area contributed by atoms with Crippen molar-refractivity contribution >= 4 is 21.6 Å². The van der Waals surface area contributed by atoms with Crippen molar-refractivity contribution in [3.8, 4) is 0 Å². The van der Waals surface area contributed by atoms with Crippen LogP contribution in [0.3, 0.4) is 0 Å². The molecule has 0 saturated heterocycles. The largest absolute Gasteiger partial charge is 0.372 e. The Hall–Kier alpha value is -0.540. The molecule has 114 valence electrons. The molecule has 0 aliphatic heterocycles. The summed E-state index contributed by atoms with van der Waals surface area (Å²) in [6.45, 7) is 9.01. The molecule has 0 aliphatic carbocycles. The summed E-state index contributed by atoms with van der Waals surface area (Å²) >= 11 is 3.73. The Balaban J connectivity index is 2.87. The number of rotatable bonds is 9. The molecule has 0 radical (unpaired) electrons. The molecule has 0 heterocycles. The number of benzene rings is 1. The van der Waals surface area contributed by atoms with Crippen molar-refractivity contribution in [3.05, 3.63) is 28.2 Å². The first-order valence-electron chi connectivity index (χ1n) is 7.85. The fourth-order valence-electron chi connectivity index (χ4n) is 2.29. The van der Waals surface area contributed by atoms with E-state index in [1.807, 2.05) is 7.05 Å². The van der Waals surface area contributed by atoms with Gasteiger partial charge in [-0.25, -0.2) is 0 Å². The molecule has 1 N–H and O–H groups in total. The molecule has 0 aromatic heterocycles. The van der Waals surface area contributed by atoms with Gasteiger partial charge < -0.3 is 10.2 Å². The van der Waals surface area contributed by atoms with Gasteiger partial charge in [0.25, 0.3) is 0 Å². The second-order valence-electron chi connectivity index (χ2n) is 5.41. The lowest BCUT2D eigenvalue weighted by Crippen LogP contribution is -2.25. The molecule has 1 aromatic rings. The number of hydrogen-bond donors (Lipinski definition) is 1. The lowest BCUT2D eigenvalue weighted by molar-refractivity contribution is 0.648. The van der Waals surface area contributed by atoms with E-state index in [4.69, 9.17) is 0 Å². The van der Waals surface area contributed by atoms with E-state index in [9.17, 15) is 0 Å². The SMILES string of the molecule is CCCCN(CCCC)c1ccc(C(C)NC)c(Br)c1. The first kappa shape index (κ1) is 17.5. The average molecular weight is 341 g/mol. The summed E-state index contributed by atoms with van der Waals surface area (Å²) in [5.74, 6) is 0. The average Bonchev–Trinajstić information content (AvgIpc) is 2.46. The van der Waals surface area contributed by atoms with Crippen LogP contribution in [0.25, 0.3) is 0 Å². The van der Waals surface area contributed by atoms with Crippen molar-refractivity contribution in [2.24, 2.45) is 0 Å². The Labute approximate surface area is 133 Å². The highest BCUT2D eigenvalue weighted by molar-refractivity contribution is 9.10. The summed E-state index contributed by atoms with van der Waals surface area (Å²) in [6, 6.07) is 7.15. The molecule has 1 unspecified atom stereocenters. The van der Waals surface area contributed by atoms with Gasteiger partial charge in [0, 0.05) is 29.3 Å². The van der Waals surface area contributed by atoms with Gasteiger partial charge in [-0.3, -0.25) is 0 Å². The van der Waals surface area contributed by atoms with E-state index in [1.165, 1.54) is 41.4 Å². The van der Waals surface area contributed by atoms with Gasteiger partial charge in [0.1, 0.15) is 0 Å². The van der Waals surface area contributed by atoms with Gasteiger partial charge >= 0.3 is 0 Å². The minimum absolute atomic E-state index is 0.373. The Kier molecular flexibility index (Phi) is 8.24. The Bertz CT molecular complexity index is 385. The van der Waals surface area contributed by atoms with Crippen molar-refractivity contribution in [2.45, 2.75) is 52.5 Å². The van der Waals surface area contributed by atoms with E-state index in [2.05, 4.69) is 65.1 Å². The predicted molar refractivity (Wildman–Crippen MR) is 93.6 cm³/mol. The molecule has 1 aromatic carbocycles. The zero-order chi connectivity index (χ0) is 15.0. The molecule has 0 amide bonds. The molecular formula is C17H29BrN2. The highest BCUT2D eigenvalue weighted by Gasteiger charge is 2.11. The molecule has 3 heteroatoms. The lowest BCUT2D eigenvalue weighted by atomic mass is 10.1. The molecule has 0 aliphatic rings. The topological polar surface area (TPSA) is 15.3 Å². The minimum atomic E-state index is 0.373. The van der Waals surface area contributed by atoms with Crippen molar-refractivity contribution in [3.63, 3.8) is 0 Å². The number of unbranched alkanes of at least 4 members (excludes halogenated alkanes) is 2. The molecule has 0 saturated carbocycles. The summed E-state index contributed by atoms with van der Waals surface area (Å²) in [7, 11) is 2.00. The fourth-order valence-corrected chi connectivity index (χ4v) is 3.00. The molecule has 0 spiro atoms. The molecule has 0 fully saturated rings. The smallest absolute Gasteiger partial charge is 0.0377 e. The van der Waals surface area contributed by atoms with Crippen LogP contribution in [0.4, 0.5) is 5.69 Å². The Morgan fingerprint density at radius 2 is 1.75 bits per heavy atom.